The third kappa shape index (κ3) is 3.20. The minimum absolute atomic E-state index is 0.0172. The van der Waals surface area contributed by atoms with Gasteiger partial charge in [0.1, 0.15) is 10.7 Å². The van der Waals surface area contributed by atoms with Crippen molar-refractivity contribution in [2.24, 2.45) is 0 Å². The molecule has 0 amide bonds. The summed E-state index contributed by atoms with van der Waals surface area (Å²) in [6, 6.07) is 1.10. The molecule has 1 aromatic rings. The summed E-state index contributed by atoms with van der Waals surface area (Å²) in [5, 5.41) is 3.16. The second kappa shape index (κ2) is 5.94. The monoisotopic (exact) mass is 302 g/mol. The number of aryl methyl sites for hydroxylation is 1. The Bertz CT molecular complexity index is 587. The summed E-state index contributed by atoms with van der Waals surface area (Å²) in [7, 11) is -2.48. The highest BCUT2D eigenvalue weighted by Gasteiger charge is 2.27. The standard InChI is InChI=1S/C12H18N2O5S/c1-8-11(7-10(19-8)12(15)18-2)20(16,17)14-9-3-5-13-6-4-9/h7,9,13-14H,3-6H2,1-2H3. The molecule has 1 fully saturated rings. The van der Waals surface area contributed by atoms with Crippen LogP contribution in [0, 0.1) is 6.92 Å². The van der Waals surface area contributed by atoms with Gasteiger partial charge in [-0.2, -0.15) is 0 Å². The fraction of sp³-hybridized carbons (Fsp3) is 0.583. The van der Waals surface area contributed by atoms with Crippen molar-refractivity contribution in [2.75, 3.05) is 20.2 Å². The highest BCUT2D eigenvalue weighted by molar-refractivity contribution is 7.89. The van der Waals surface area contributed by atoms with E-state index in [1.54, 1.807) is 0 Å². The average molecular weight is 302 g/mol. The van der Waals surface area contributed by atoms with Crippen LogP contribution in [0.1, 0.15) is 29.2 Å². The molecule has 2 heterocycles. The summed E-state index contributed by atoms with van der Waals surface area (Å²) in [6.45, 7) is 3.07. The number of carbonyl (C=O) groups excluding carboxylic acids is 1. The Morgan fingerprint density at radius 1 is 1.45 bits per heavy atom. The van der Waals surface area contributed by atoms with Crippen LogP contribution in [0.4, 0.5) is 0 Å². The zero-order valence-corrected chi connectivity index (χ0v) is 12.2. The molecular formula is C12H18N2O5S. The van der Waals surface area contributed by atoms with Gasteiger partial charge in [-0.3, -0.25) is 0 Å². The molecule has 1 aromatic heterocycles. The number of esters is 1. The Morgan fingerprint density at radius 2 is 2.10 bits per heavy atom. The number of carbonyl (C=O) groups is 1. The van der Waals surface area contributed by atoms with E-state index in [0.29, 0.717) is 0 Å². The van der Waals surface area contributed by atoms with Crippen molar-refractivity contribution in [1.82, 2.24) is 10.0 Å². The van der Waals surface area contributed by atoms with E-state index in [1.807, 2.05) is 0 Å². The lowest BCUT2D eigenvalue weighted by Crippen LogP contribution is -2.42. The first-order valence-electron chi connectivity index (χ1n) is 6.36. The molecule has 112 valence electrons. The number of furan rings is 1. The van der Waals surface area contributed by atoms with E-state index >= 15 is 0 Å². The van der Waals surface area contributed by atoms with Crippen molar-refractivity contribution in [2.45, 2.75) is 30.7 Å². The molecule has 1 saturated heterocycles. The first-order valence-corrected chi connectivity index (χ1v) is 7.84. The number of hydrogen-bond acceptors (Lipinski definition) is 6. The Morgan fingerprint density at radius 3 is 2.70 bits per heavy atom. The van der Waals surface area contributed by atoms with Gasteiger partial charge < -0.3 is 14.5 Å². The van der Waals surface area contributed by atoms with Gasteiger partial charge in [0.25, 0.3) is 0 Å². The summed E-state index contributed by atoms with van der Waals surface area (Å²) >= 11 is 0. The van der Waals surface area contributed by atoms with E-state index < -0.39 is 16.0 Å². The maximum Gasteiger partial charge on any atom is 0.373 e. The van der Waals surface area contributed by atoms with E-state index in [-0.39, 0.29) is 22.5 Å². The first-order chi connectivity index (χ1) is 9.44. The van der Waals surface area contributed by atoms with Gasteiger partial charge in [0, 0.05) is 12.1 Å². The highest BCUT2D eigenvalue weighted by Crippen LogP contribution is 2.21. The summed E-state index contributed by atoms with van der Waals surface area (Å²) in [4.78, 5) is 11.3. The molecule has 2 rings (SSSR count). The maximum atomic E-state index is 12.3. The number of ether oxygens (including phenoxy) is 1. The van der Waals surface area contributed by atoms with Crippen molar-refractivity contribution < 1.29 is 22.4 Å². The van der Waals surface area contributed by atoms with Crippen LogP contribution in [0.25, 0.3) is 0 Å². The molecule has 0 spiro atoms. The molecule has 7 nitrogen and oxygen atoms in total. The molecule has 8 heteroatoms. The molecular weight excluding hydrogens is 284 g/mol. The van der Waals surface area contributed by atoms with Crippen LogP contribution >= 0.6 is 0 Å². The van der Waals surface area contributed by atoms with Crippen LogP contribution in [0.15, 0.2) is 15.4 Å². The Kier molecular flexibility index (Phi) is 4.46. The summed E-state index contributed by atoms with van der Waals surface area (Å²) < 4.78 is 36.9. The number of nitrogens with one attached hydrogen (secondary N) is 2. The van der Waals surface area contributed by atoms with E-state index in [9.17, 15) is 13.2 Å². The number of methoxy groups -OCH3 is 1. The van der Waals surface area contributed by atoms with Crippen molar-refractivity contribution in [1.29, 1.82) is 0 Å². The highest BCUT2D eigenvalue weighted by atomic mass is 32.2. The van der Waals surface area contributed by atoms with Gasteiger partial charge in [0.05, 0.1) is 7.11 Å². The Labute approximate surface area is 117 Å². The van der Waals surface area contributed by atoms with Crippen molar-refractivity contribution in [3.8, 4) is 0 Å². The van der Waals surface area contributed by atoms with E-state index in [4.69, 9.17) is 4.42 Å². The molecule has 2 N–H and O–H groups in total. The second-order valence-electron chi connectivity index (χ2n) is 4.67. The van der Waals surface area contributed by atoms with Gasteiger partial charge in [0.15, 0.2) is 0 Å². The number of sulfonamides is 1. The van der Waals surface area contributed by atoms with Crippen molar-refractivity contribution in [3.63, 3.8) is 0 Å². The number of hydrogen-bond donors (Lipinski definition) is 2. The zero-order valence-electron chi connectivity index (χ0n) is 11.4. The summed E-state index contributed by atoms with van der Waals surface area (Å²) in [5.74, 6) is -0.640. The topological polar surface area (TPSA) is 97.6 Å². The second-order valence-corrected chi connectivity index (χ2v) is 6.35. The average Bonchev–Trinajstić information content (AvgIpc) is 2.81. The molecule has 0 radical (unpaired) electrons. The van der Waals surface area contributed by atoms with Crippen LogP contribution < -0.4 is 10.0 Å². The van der Waals surface area contributed by atoms with Crippen LogP contribution in [-0.4, -0.2) is 40.6 Å². The molecule has 0 aromatic carbocycles. The minimum atomic E-state index is -3.69. The summed E-state index contributed by atoms with van der Waals surface area (Å²) in [6.07, 6.45) is 1.47. The third-order valence-electron chi connectivity index (χ3n) is 3.21. The number of piperidine rings is 1. The van der Waals surface area contributed by atoms with Gasteiger partial charge in [-0.15, -0.1) is 0 Å². The first kappa shape index (κ1) is 15.0. The lowest BCUT2D eigenvalue weighted by atomic mass is 10.1. The van der Waals surface area contributed by atoms with E-state index in [1.165, 1.54) is 20.1 Å². The van der Waals surface area contributed by atoms with E-state index in [2.05, 4.69) is 14.8 Å². The smallest absolute Gasteiger partial charge is 0.373 e. The van der Waals surface area contributed by atoms with Crippen LogP contribution in [0.2, 0.25) is 0 Å². The minimum Gasteiger partial charge on any atom is -0.463 e. The van der Waals surface area contributed by atoms with Gasteiger partial charge in [-0.1, -0.05) is 0 Å². The fourth-order valence-electron chi connectivity index (χ4n) is 2.16. The van der Waals surface area contributed by atoms with Gasteiger partial charge in [-0.05, 0) is 32.9 Å². The molecule has 0 unspecified atom stereocenters. The molecule has 0 saturated carbocycles. The Hall–Kier alpha value is -1.38. The molecule has 0 atom stereocenters. The third-order valence-corrected chi connectivity index (χ3v) is 4.84. The zero-order chi connectivity index (χ0) is 14.8. The fourth-order valence-corrected chi connectivity index (χ4v) is 3.64. The van der Waals surface area contributed by atoms with Gasteiger partial charge in [0.2, 0.25) is 15.8 Å². The predicted molar refractivity (Wildman–Crippen MR) is 71.0 cm³/mol. The van der Waals surface area contributed by atoms with Crippen molar-refractivity contribution in [3.05, 3.63) is 17.6 Å². The SMILES string of the molecule is COC(=O)c1cc(S(=O)(=O)NC2CCNCC2)c(C)o1. The van der Waals surface area contributed by atoms with Crippen LogP contribution in [0.5, 0.6) is 0 Å². The Balaban J connectivity index is 2.20. The molecule has 1 aliphatic heterocycles. The van der Waals surface area contributed by atoms with Gasteiger partial charge in [-0.25, -0.2) is 17.9 Å². The molecule has 0 aliphatic carbocycles. The molecule has 20 heavy (non-hydrogen) atoms. The van der Waals surface area contributed by atoms with E-state index in [0.717, 1.165) is 25.9 Å². The normalized spacial score (nSPS) is 17.1. The van der Waals surface area contributed by atoms with Crippen LogP contribution in [0.3, 0.4) is 0 Å². The summed E-state index contributed by atoms with van der Waals surface area (Å²) in [5.41, 5.74) is 0. The molecule has 0 bridgehead atoms. The maximum absolute atomic E-state index is 12.3. The number of rotatable bonds is 4. The lowest BCUT2D eigenvalue weighted by Gasteiger charge is -2.23. The lowest BCUT2D eigenvalue weighted by molar-refractivity contribution is 0.0563. The van der Waals surface area contributed by atoms with Gasteiger partial charge >= 0.3 is 5.97 Å². The molecule has 1 aliphatic rings. The quantitative estimate of drug-likeness (QED) is 0.782. The van der Waals surface area contributed by atoms with Crippen molar-refractivity contribution >= 4 is 16.0 Å². The largest absolute Gasteiger partial charge is 0.463 e. The predicted octanol–water partition coefficient (Wildman–Crippen LogP) is 0.405. The van der Waals surface area contributed by atoms with Crippen LogP contribution in [-0.2, 0) is 14.8 Å².